The van der Waals surface area contributed by atoms with E-state index >= 15 is 0 Å². The molecule has 10 heteroatoms. The van der Waals surface area contributed by atoms with Crippen molar-refractivity contribution in [3.63, 3.8) is 0 Å². The number of morpholine rings is 1. The predicted molar refractivity (Wildman–Crippen MR) is 131 cm³/mol. The summed E-state index contributed by atoms with van der Waals surface area (Å²) in [6, 6.07) is 14.8. The second-order valence-corrected chi connectivity index (χ2v) is 8.64. The number of hydrogen-bond acceptors (Lipinski definition) is 8. The maximum atomic E-state index is 13.4. The van der Waals surface area contributed by atoms with Crippen LogP contribution in [0.15, 0.2) is 53.1 Å². The van der Waals surface area contributed by atoms with Gasteiger partial charge in [-0.25, -0.2) is 0 Å². The van der Waals surface area contributed by atoms with Crippen molar-refractivity contribution in [2.24, 2.45) is 0 Å². The van der Waals surface area contributed by atoms with E-state index in [9.17, 15) is 14.9 Å². The van der Waals surface area contributed by atoms with Crippen molar-refractivity contribution in [2.45, 2.75) is 6.92 Å². The van der Waals surface area contributed by atoms with Crippen LogP contribution in [0.2, 0.25) is 0 Å². The Bertz CT molecular complexity index is 1210. The molecule has 0 unspecified atom stereocenters. The zero-order chi connectivity index (χ0) is 24.4. The molecule has 2 fully saturated rings. The van der Waals surface area contributed by atoms with Gasteiger partial charge in [0.2, 0.25) is 0 Å². The van der Waals surface area contributed by atoms with Crippen molar-refractivity contribution in [1.29, 1.82) is 0 Å². The summed E-state index contributed by atoms with van der Waals surface area (Å²) < 4.78 is 10.8. The molecule has 0 N–H and O–H groups in total. The minimum absolute atomic E-state index is 0.0973. The van der Waals surface area contributed by atoms with Crippen LogP contribution >= 0.6 is 0 Å². The van der Waals surface area contributed by atoms with Gasteiger partial charge in [-0.1, -0.05) is 35.5 Å². The number of benzene rings is 2. The summed E-state index contributed by atoms with van der Waals surface area (Å²) in [5, 5.41) is 15.8. The van der Waals surface area contributed by atoms with E-state index < -0.39 is 0 Å². The summed E-state index contributed by atoms with van der Waals surface area (Å²) in [4.78, 5) is 30.7. The minimum atomic E-state index is -0.337. The van der Waals surface area contributed by atoms with Gasteiger partial charge in [-0.05, 0) is 19.1 Å². The molecule has 182 valence electrons. The third-order valence-corrected chi connectivity index (χ3v) is 6.56. The Balaban J connectivity index is 1.32. The first kappa shape index (κ1) is 22.9. The fraction of sp³-hybridized carbons (Fsp3) is 0.360. The lowest BCUT2D eigenvalue weighted by molar-refractivity contribution is -0.384. The van der Waals surface area contributed by atoms with Crippen LogP contribution in [0.4, 0.5) is 17.1 Å². The van der Waals surface area contributed by atoms with Crippen molar-refractivity contribution >= 4 is 23.0 Å². The first-order chi connectivity index (χ1) is 17.0. The first-order valence-electron chi connectivity index (χ1n) is 11.7. The number of aryl methyl sites for hydroxylation is 1. The van der Waals surface area contributed by atoms with Crippen molar-refractivity contribution in [2.75, 3.05) is 62.3 Å². The molecule has 0 saturated carbocycles. The van der Waals surface area contributed by atoms with Gasteiger partial charge < -0.3 is 24.0 Å². The lowest BCUT2D eigenvalue weighted by Crippen LogP contribution is -2.49. The molecule has 10 nitrogen and oxygen atoms in total. The Labute approximate surface area is 202 Å². The SMILES string of the molecule is Cc1onc(-c2ccccc2)c1C(=O)N1CCN(c2ccc([N+](=O)[O-])c(N3CCOCC3)c2)CC1. The van der Waals surface area contributed by atoms with E-state index in [1.165, 1.54) is 0 Å². The fourth-order valence-corrected chi connectivity index (χ4v) is 4.66. The summed E-state index contributed by atoms with van der Waals surface area (Å²) in [6.07, 6.45) is 0. The molecule has 2 saturated heterocycles. The van der Waals surface area contributed by atoms with Crippen LogP contribution in [0.1, 0.15) is 16.1 Å². The van der Waals surface area contributed by atoms with Gasteiger partial charge in [0.25, 0.3) is 11.6 Å². The molecule has 2 aromatic carbocycles. The summed E-state index contributed by atoms with van der Waals surface area (Å²) in [7, 11) is 0. The van der Waals surface area contributed by atoms with Crippen LogP contribution in [0.3, 0.4) is 0 Å². The Kier molecular flexibility index (Phi) is 6.37. The van der Waals surface area contributed by atoms with Crippen LogP contribution in [0.25, 0.3) is 11.3 Å². The highest BCUT2D eigenvalue weighted by Crippen LogP contribution is 2.34. The first-order valence-corrected chi connectivity index (χ1v) is 11.7. The minimum Gasteiger partial charge on any atom is -0.378 e. The molecule has 0 radical (unpaired) electrons. The third-order valence-electron chi connectivity index (χ3n) is 6.56. The van der Waals surface area contributed by atoms with E-state index in [1.54, 1.807) is 19.1 Å². The van der Waals surface area contributed by atoms with Crippen LogP contribution in [-0.4, -0.2) is 73.4 Å². The molecule has 1 aromatic heterocycles. The van der Waals surface area contributed by atoms with Crippen LogP contribution in [-0.2, 0) is 4.74 Å². The summed E-state index contributed by atoms with van der Waals surface area (Å²) in [5.74, 6) is 0.404. The lowest BCUT2D eigenvalue weighted by atomic mass is 10.0. The largest absolute Gasteiger partial charge is 0.378 e. The Morgan fingerprint density at radius 2 is 1.69 bits per heavy atom. The predicted octanol–water partition coefficient (Wildman–Crippen LogP) is 3.36. The summed E-state index contributed by atoms with van der Waals surface area (Å²) >= 11 is 0. The number of anilines is 2. The zero-order valence-corrected chi connectivity index (χ0v) is 19.6. The normalized spacial score (nSPS) is 16.4. The number of hydrogen-bond donors (Lipinski definition) is 0. The van der Waals surface area contributed by atoms with E-state index in [0.29, 0.717) is 75.2 Å². The zero-order valence-electron chi connectivity index (χ0n) is 19.6. The van der Waals surface area contributed by atoms with Gasteiger partial charge in [-0.2, -0.15) is 0 Å². The standard InChI is InChI=1S/C25H27N5O5/c1-18-23(24(26-35-18)19-5-3-2-4-6-19)25(31)29-11-9-27(10-12-29)20-7-8-21(30(32)33)22(17-20)28-13-15-34-16-14-28/h2-8,17H,9-16H2,1H3. The van der Waals surface area contributed by atoms with Crippen molar-refractivity contribution in [3.8, 4) is 11.3 Å². The quantitative estimate of drug-likeness (QED) is 0.407. The number of carbonyl (C=O) groups excluding carboxylic acids is 1. The number of rotatable bonds is 5. The van der Waals surface area contributed by atoms with E-state index in [1.807, 2.05) is 46.2 Å². The Hall–Kier alpha value is -3.92. The molecule has 3 aromatic rings. The molecule has 0 aliphatic carbocycles. The fourth-order valence-electron chi connectivity index (χ4n) is 4.66. The number of aromatic nitrogens is 1. The van der Waals surface area contributed by atoms with Crippen LogP contribution < -0.4 is 9.80 Å². The molecular formula is C25H27N5O5. The van der Waals surface area contributed by atoms with E-state index in [2.05, 4.69) is 10.1 Å². The maximum Gasteiger partial charge on any atom is 0.292 e. The maximum absolute atomic E-state index is 13.4. The van der Waals surface area contributed by atoms with E-state index in [-0.39, 0.29) is 16.5 Å². The second-order valence-electron chi connectivity index (χ2n) is 8.64. The van der Waals surface area contributed by atoms with Gasteiger partial charge in [0.05, 0.1) is 18.1 Å². The molecule has 0 spiro atoms. The number of nitro benzene ring substituents is 1. The molecule has 2 aliphatic rings. The molecule has 2 aliphatic heterocycles. The number of nitro groups is 1. The monoisotopic (exact) mass is 477 g/mol. The molecule has 3 heterocycles. The van der Waals surface area contributed by atoms with Gasteiger partial charge in [-0.3, -0.25) is 14.9 Å². The van der Waals surface area contributed by atoms with Crippen LogP contribution in [0, 0.1) is 17.0 Å². The Morgan fingerprint density at radius 1 is 0.971 bits per heavy atom. The topological polar surface area (TPSA) is 105 Å². The molecule has 0 atom stereocenters. The number of nitrogens with zero attached hydrogens (tertiary/aromatic N) is 5. The molecule has 35 heavy (non-hydrogen) atoms. The molecule has 1 amide bonds. The average Bonchev–Trinajstić information content (AvgIpc) is 3.30. The van der Waals surface area contributed by atoms with Gasteiger partial charge in [0.15, 0.2) is 0 Å². The highest BCUT2D eigenvalue weighted by Gasteiger charge is 2.30. The number of piperazine rings is 1. The number of carbonyl (C=O) groups is 1. The smallest absolute Gasteiger partial charge is 0.292 e. The second kappa shape index (κ2) is 9.75. The third kappa shape index (κ3) is 4.57. The highest BCUT2D eigenvalue weighted by molar-refractivity contribution is 6.01. The number of amides is 1. The van der Waals surface area contributed by atoms with Crippen molar-refractivity contribution < 1.29 is 19.0 Å². The van der Waals surface area contributed by atoms with Crippen LogP contribution in [0.5, 0.6) is 0 Å². The number of ether oxygens (including phenoxy) is 1. The van der Waals surface area contributed by atoms with E-state index in [4.69, 9.17) is 9.26 Å². The Morgan fingerprint density at radius 3 is 2.37 bits per heavy atom. The van der Waals surface area contributed by atoms with Gasteiger partial charge >= 0.3 is 0 Å². The van der Waals surface area contributed by atoms with Gasteiger partial charge in [0.1, 0.15) is 22.7 Å². The van der Waals surface area contributed by atoms with Crippen molar-refractivity contribution in [3.05, 3.63) is 70.0 Å². The van der Waals surface area contributed by atoms with Gasteiger partial charge in [-0.15, -0.1) is 0 Å². The molecule has 5 rings (SSSR count). The highest BCUT2D eigenvalue weighted by atomic mass is 16.6. The molecule has 0 bridgehead atoms. The summed E-state index contributed by atoms with van der Waals surface area (Å²) in [5.41, 5.74) is 3.52. The average molecular weight is 478 g/mol. The molecular weight excluding hydrogens is 450 g/mol. The van der Waals surface area contributed by atoms with E-state index in [0.717, 1.165) is 11.3 Å². The summed E-state index contributed by atoms with van der Waals surface area (Å²) in [6.45, 7) is 6.40. The van der Waals surface area contributed by atoms with Gasteiger partial charge in [0, 0.05) is 56.6 Å². The van der Waals surface area contributed by atoms with Crippen molar-refractivity contribution in [1.82, 2.24) is 10.1 Å². The lowest BCUT2D eigenvalue weighted by Gasteiger charge is -2.37.